The summed E-state index contributed by atoms with van der Waals surface area (Å²) in [6.07, 6.45) is 0. The van der Waals surface area contributed by atoms with Gasteiger partial charge >= 0.3 is 21.7 Å². The lowest BCUT2D eigenvalue weighted by Crippen LogP contribution is -1.66. The van der Waals surface area contributed by atoms with Crippen molar-refractivity contribution in [1.82, 2.24) is 0 Å². The summed E-state index contributed by atoms with van der Waals surface area (Å²) in [5.41, 5.74) is -5.44. The molecule has 0 spiro atoms. The molecule has 0 atom stereocenters. The summed E-state index contributed by atoms with van der Waals surface area (Å²) >= 11 is 16.8. The van der Waals surface area contributed by atoms with Crippen molar-refractivity contribution < 1.29 is 39.6 Å². The third kappa shape index (κ3) is 4860. The largest absolute Gasteiger partial charge is 0.469 e. The van der Waals surface area contributed by atoms with E-state index in [1.807, 2.05) is 0 Å². The molecule has 0 radical (unpaired) electrons. The highest BCUT2D eigenvalue weighted by atomic mass is 35.5. The van der Waals surface area contributed by atoms with E-state index in [1.54, 1.807) is 0 Å². The summed E-state index contributed by atoms with van der Waals surface area (Å²) in [4.78, 5) is 35.1. The molecule has 4 N–H and O–H groups in total. The summed E-state index contributed by atoms with van der Waals surface area (Å²) in [6, 6.07) is 0. The van der Waals surface area contributed by atoms with Crippen molar-refractivity contribution in [2.45, 2.75) is 0 Å². The van der Waals surface area contributed by atoms with Crippen LogP contribution in [0, 0.1) is 0 Å². The van der Waals surface area contributed by atoms with Crippen LogP contribution in [0.4, 0.5) is 19.2 Å². The molecule has 0 amide bonds. The Bertz CT molecular complexity index is 170. The zero-order chi connectivity index (χ0) is 14.3. The number of carbonyl (C=O) groups is 4. The standard InChI is InChI=1S/4CHClO2.H4Si/c4*2-1(3)4;/h4*(H,3,4);1H4. The van der Waals surface area contributed by atoms with E-state index in [-0.39, 0.29) is 11.0 Å². The van der Waals surface area contributed by atoms with Gasteiger partial charge in [-0.3, -0.25) is 0 Å². The number of halogens is 4. The van der Waals surface area contributed by atoms with Crippen LogP contribution in [0.2, 0.25) is 0 Å². The Hall–Kier alpha value is -0.743. The molecule has 0 heterocycles. The van der Waals surface area contributed by atoms with Crippen molar-refractivity contribution in [1.29, 1.82) is 0 Å². The van der Waals surface area contributed by atoms with Gasteiger partial charge in [-0.25, -0.2) is 19.2 Å². The first-order valence-electron chi connectivity index (χ1n) is 2.47. The van der Waals surface area contributed by atoms with Crippen LogP contribution in [0.3, 0.4) is 0 Å². The van der Waals surface area contributed by atoms with Crippen LogP contribution in [0.1, 0.15) is 0 Å². The molecule has 0 fully saturated rings. The van der Waals surface area contributed by atoms with Crippen molar-refractivity contribution in [3.8, 4) is 0 Å². The van der Waals surface area contributed by atoms with Crippen molar-refractivity contribution in [3.63, 3.8) is 0 Å². The summed E-state index contributed by atoms with van der Waals surface area (Å²) < 4.78 is 0. The third-order valence-corrected chi connectivity index (χ3v) is 0. The highest BCUT2D eigenvalue weighted by molar-refractivity contribution is 6.61. The molecule has 0 unspecified atom stereocenters. The molecule has 0 saturated heterocycles. The van der Waals surface area contributed by atoms with Gasteiger partial charge in [-0.1, -0.05) is 0 Å². The Morgan fingerprint density at radius 3 is 0.529 bits per heavy atom. The Morgan fingerprint density at radius 1 is 0.529 bits per heavy atom. The van der Waals surface area contributed by atoms with Gasteiger partial charge in [0.2, 0.25) is 0 Å². The molecule has 0 saturated carbocycles. The molecular formula is C4H8Cl4O8Si. The van der Waals surface area contributed by atoms with Gasteiger partial charge in [-0.05, 0) is 11.0 Å². The zero-order valence-electron chi connectivity index (χ0n) is 6.93. The summed E-state index contributed by atoms with van der Waals surface area (Å²) in [7, 11) is 0. The van der Waals surface area contributed by atoms with Crippen molar-refractivity contribution >= 4 is 79.1 Å². The molecule has 0 bridgehead atoms. The van der Waals surface area contributed by atoms with Crippen LogP contribution in [0.25, 0.3) is 0 Å². The maximum atomic E-state index is 8.77. The van der Waals surface area contributed by atoms with Crippen molar-refractivity contribution in [2.24, 2.45) is 0 Å². The molecule has 0 aliphatic rings. The van der Waals surface area contributed by atoms with E-state index in [2.05, 4.69) is 46.4 Å². The Kier molecular flexibility index (Phi) is 43.0. The van der Waals surface area contributed by atoms with Crippen LogP contribution < -0.4 is 0 Å². The highest BCUT2D eigenvalue weighted by Crippen LogP contribution is 1.68. The maximum absolute atomic E-state index is 8.77. The van der Waals surface area contributed by atoms with Gasteiger partial charge in [0.25, 0.3) is 0 Å². The molecule has 0 aliphatic carbocycles. The lowest BCUT2D eigenvalue weighted by Gasteiger charge is -1.55. The lowest BCUT2D eigenvalue weighted by atomic mass is 11.6. The fourth-order valence-electron chi connectivity index (χ4n) is 0. The van der Waals surface area contributed by atoms with Crippen LogP contribution in [0.15, 0.2) is 0 Å². The topological polar surface area (TPSA) is 149 Å². The first kappa shape index (κ1) is 29.9. The molecule has 17 heavy (non-hydrogen) atoms. The van der Waals surface area contributed by atoms with Crippen molar-refractivity contribution in [2.75, 3.05) is 0 Å². The van der Waals surface area contributed by atoms with E-state index in [4.69, 9.17) is 39.6 Å². The number of hydrogen-bond donors (Lipinski definition) is 4. The second-order valence-corrected chi connectivity index (χ2v) is 2.31. The van der Waals surface area contributed by atoms with E-state index >= 15 is 0 Å². The minimum Gasteiger partial charge on any atom is -0.469 e. The molecular weight excluding hydrogens is 346 g/mol. The third-order valence-electron chi connectivity index (χ3n) is 0. The van der Waals surface area contributed by atoms with Gasteiger partial charge in [0.1, 0.15) is 0 Å². The monoisotopic (exact) mass is 352 g/mol. The van der Waals surface area contributed by atoms with Gasteiger partial charge in [-0.15, -0.1) is 0 Å². The van der Waals surface area contributed by atoms with Gasteiger partial charge in [0.05, 0.1) is 0 Å². The van der Waals surface area contributed by atoms with E-state index in [9.17, 15) is 0 Å². The van der Waals surface area contributed by atoms with Crippen LogP contribution in [-0.2, 0) is 0 Å². The van der Waals surface area contributed by atoms with Crippen LogP contribution in [0.5, 0.6) is 0 Å². The first-order valence-corrected chi connectivity index (χ1v) is 3.98. The van der Waals surface area contributed by atoms with Crippen LogP contribution in [-0.4, -0.2) is 53.1 Å². The van der Waals surface area contributed by atoms with E-state index in [0.717, 1.165) is 0 Å². The Balaban J connectivity index is -0.0000000369. The fourth-order valence-corrected chi connectivity index (χ4v) is 0. The summed E-state index contributed by atoms with van der Waals surface area (Å²) in [5, 5.41) is 28.7. The second kappa shape index (κ2) is 24.5. The molecule has 0 aromatic rings. The SMILES string of the molecule is O=C(O)Cl.O=C(O)Cl.O=C(O)Cl.O=C(O)Cl.[SiH4]. The smallest absolute Gasteiger partial charge is 0.401 e. The van der Waals surface area contributed by atoms with Crippen molar-refractivity contribution in [3.05, 3.63) is 0 Å². The lowest BCUT2D eigenvalue weighted by molar-refractivity contribution is 0.219. The fraction of sp³-hybridized carbons (Fsp3) is 0. The van der Waals surface area contributed by atoms with Crippen LogP contribution >= 0.6 is 46.4 Å². The molecule has 8 nitrogen and oxygen atoms in total. The van der Waals surface area contributed by atoms with Gasteiger partial charge < -0.3 is 20.4 Å². The first-order chi connectivity index (χ1) is 6.93. The highest BCUT2D eigenvalue weighted by Gasteiger charge is 1.72. The predicted molar refractivity (Wildman–Crippen MR) is 66.8 cm³/mol. The Morgan fingerprint density at radius 2 is 0.529 bits per heavy atom. The quantitative estimate of drug-likeness (QED) is 0.382. The van der Waals surface area contributed by atoms with Gasteiger partial charge in [0.15, 0.2) is 0 Å². The van der Waals surface area contributed by atoms with E-state index < -0.39 is 21.7 Å². The average molecular weight is 354 g/mol. The molecule has 13 heteroatoms. The second-order valence-electron chi connectivity index (χ2n) is 1.01. The number of carboxylic acid groups (broad SMARTS) is 4. The summed E-state index contributed by atoms with van der Waals surface area (Å²) in [6.45, 7) is 0. The Labute approximate surface area is 119 Å². The number of hydrogen-bond acceptors (Lipinski definition) is 4. The normalized spacial score (nSPS) is 5.88. The summed E-state index contributed by atoms with van der Waals surface area (Å²) in [5.74, 6) is 0. The maximum Gasteiger partial charge on any atom is 0.401 e. The van der Waals surface area contributed by atoms with E-state index in [0.29, 0.717) is 0 Å². The average Bonchev–Trinajstić information content (AvgIpc) is 1.76. The van der Waals surface area contributed by atoms with Gasteiger partial charge in [0, 0.05) is 46.4 Å². The minimum atomic E-state index is -1.36. The minimum absolute atomic E-state index is 0. The molecule has 0 aromatic heterocycles. The zero-order valence-corrected chi connectivity index (χ0v) is 9.96. The molecule has 104 valence electrons. The predicted octanol–water partition coefficient (Wildman–Crippen LogP) is 2.16. The molecule has 0 aromatic carbocycles. The molecule has 0 aliphatic heterocycles. The molecule has 0 rings (SSSR count). The number of rotatable bonds is 0. The van der Waals surface area contributed by atoms with Gasteiger partial charge in [-0.2, -0.15) is 0 Å². The van der Waals surface area contributed by atoms with E-state index in [1.165, 1.54) is 0 Å².